The zero-order chi connectivity index (χ0) is 15.6. The third-order valence-corrected chi connectivity index (χ3v) is 5.31. The maximum atomic E-state index is 12.9. The van der Waals surface area contributed by atoms with Gasteiger partial charge in [0.2, 0.25) is 5.03 Å². The summed E-state index contributed by atoms with van der Waals surface area (Å²) in [6.45, 7) is 5.89. The molecule has 0 saturated carbocycles. The molecule has 2 aromatic rings. The molecule has 1 heterocycles. The van der Waals surface area contributed by atoms with E-state index in [-0.39, 0.29) is 11.6 Å². The van der Waals surface area contributed by atoms with Gasteiger partial charge in [0.1, 0.15) is 0 Å². The van der Waals surface area contributed by atoms with Crippen LogP contribution in [-0.2, 0) is 16.6 Å². The van der Waals surface area contributed by atoms with Gasteiger partial charge in [-0.15, -0.1) is 0 Å². The topological polar surface area (TPSA) is 92.1 Å². The number of nitrogens with zero attached hydrogens (tertiary/aromatic N) is 2. The second-order valence-corrected chi connectivity index (χ2v) is 6.57. The molecule has 3 N–H and O–H groups in total. The van der Waals surface area contributed by atoms with E-state index in [4.69, 9.17) is 5.73 Å². The van der Waals surface area contributed by atoms with E-state index in [1.54, 1.807) is 19.9 Å². The lowest BCUT2D eigenvalue weighted by Gasteiger charge is -2.23. The number of hydrogen-bond donors (Lipinski definition) is 2. The smallest absolute Gasteiger partial charge is 0.284 e. The maximum absolute atomic E-state index is 12.9. The van der Waals surface area contributed by atoms with Gasteiger partial charge in [-0.25, -0.2) is 0 Å². The first-order valence-corrected chi connectivity index (χ1v) is 8.19. The Hall–Kier alpha value is -1.86. The summed E-state index contributed by atoms with van der Waals surface area (Å²) in [6.07, 6.45) is 0. The van der Waals surface area contributed by atoms with Gasteiger partial charge in [0.15, 0.2) is 0 Å². The van der Waals surface area contributed by atoms with Crippen molar-refractivity contribution in [1.82, 2.24) is 10.2 Å². The van der Waals surface area contributed by atoms with E-state index >= 15 is 0 Å². The number of H-pyrrole nitrogens is 1. The SMILES string of the molecule is CCN(c1ccccc1C)S(=O)(=O)c1n[nH]c(C)c1CN. The van der Waals surface area contributed by atoms with Crippen LogP contribution < -0.4 is 10.0 Å². The Kier molecular flexibility index (Phi) is 4.34. The number of para-hydroxylation sites is 1. The van der Waals surface area contributed by atoms with E-state index in [0.29, 0.717) is 23.5 Å². The Morgan fingerprint density at radius 2 is 1.95 bits per heavy atom. The van der Waals surface area contributed by atoms with E-state index in [9.17, 15) is 8.42 Å². The highest BCUT2D eigenvalue weighted by Crippen LogP contribution is 2.27. The summed E-state index contributed by atoms with van der Waals surface area (Å²) in [4.78, 5) is 0. The van der Waals surface area contributed by atoms with Crippen LogP contribution in [0, 0.1) is 13.8 Å². The van der Waals surface area contributed by atoms with Crippen LogP contribution in [0.15, 0.2) is 29.3 Å². The number of nitrogens with two attached hydrogens (primary N) is 1. The molecule has 2 rings (SSSR count). The summed E-state index contributed by atoms with van der Waals surface area (Å²) in [6, 6.07) is 7.37. The first-order valence-electron chi connectivity index (χ1n) is 6.75. The van der Waals surface area contributed by atoms with Crippen LogP contribution >= 0.6 is 0 Å². The average Bonchev–Trinajstić information content (AvgIpc) is 2.83. The number of anilines is 1. The van der Waals surface area contributed by atoms with E-state index in [2.05, 4.69) is 10.2 Å². The largest absolute Gasteiger partial charge is 0.326 e. The van der Waals surface area contributed by atoms with Crippen LogP contribution in [0.3, 0.4) is 0 Å². The number of hydrogen-bond acceptors (Lipinski definition) is 4. The van der Waals surface area contributed by atoms with Crippen LogP contribution in [0.1, 0.15) is 23.7 Å². The van der Waals surface area contributed by atoms with Gasteiger partial charge in [-0.3, -0.25) is 9.40 Å². The summed E-state index contributed by atoms with van der Waals surface area (Å²) in [5, 5.41) is 6.66. The van der Waals surface area contributed by atoms with Crippen molar-refractivity contribution in [3.63, 3.8) is 0 Å². The normalized spacial score (nSPS) is 11.6. The molecule has 0 radical (unpaired) electrons. The number of benzene rings is 1. The van der Waals surface area contributed by atoms with Crippen LogP contribution in [0.2, 0.25) is 0 Å². The van der Waals surface area contributed by atoms with Crippen molar-refractivity contribution in [2.24, 2.45) is 5.73 Å². The lowest BCUT2D eigenvalue weighted by atomic mass is 10.2. The summed E-state index contributed by atoms with van der Waals surface area (Å²) >= 11 is 0. The van der Waals surface area contributed by atoms with Crippen LogP contribution in [0.4, 0.5) is 5.69 Å². The number of aromatic nitrogens is 2. The standard InChI is InChI=1S/C14H20N4O2S/c1-4-18(13-8-6-5-7-10(13)2)21(19,20)14-12(9-15)11(3)16-17-14/h5-8H,4,9,15H2,1-3H3,(H,16,17). The first-order chi connectivity index (χ1) is 9.93. The molecule has 6 nitrogen and oxygen atoms in total. The minimum absolute atomic E-state index is 0.00704. The Labute approximate surface area is 125 Å². The minimum Gasteiger partial charge on any atom is -0.326 e. The van der Waals surface area contributed by atoms with Crippen molar-refractivity contribution in [2.75, 3.05) is 10.8 Å². The van der Waals surface area contributed by atoms with Gasteiger partial charge in [0.25, 0.3) is 10.0 Å². The van der Waals surface area contributed by atoms with E-state index < -0.39 is 10.0 Å². The van der Waals surface area contributed by atoms with Crippen molar-refractivity contribution < 1.29 is 8.42 Å². The molecule has 114 valence electrons. The quantitative estimate of drug-likeness (QED) is 0.879. The molecule has 0 spiro atoms. The second kappa shape index (κ2) is 5.87. The number of aryl methyl sites for hydroxylation is 2. The van der Waals surface area contributed by atoms with E-state index in [1.165, 1.54) is 4.31 Å². The minimum atomic E-state index is -3.74. The molecule has 0 saturated heterocycles. The average molecular weight is 308 g/mol. The van der Waals surface area contributed by atoms with Crippen molar-refractivity contribution in [1.29, 1.82) is 0 Å². The Balaban J connectivity index is 2.58. The highest BCUT2D eigenvalue weighted by molar-refractivity contribution is 7.92. The molecule has 0 amide bonds. The molecule has 7 heteroatoms. The van der Waals surface area contributed by atoms with Gasteiger partial charge in [-0.05, 0) is 32.4 Å². The lowest BCUT2D eigenvalue weighted by molar-refractivity contribution is 0.586. The van der Waals surface area contributed by atoms with Gasteiger partial charge < -0.3 is 5.73 Å². The highest BCUT2D eigenvalue weighted by Gasteiger charge is 2.30. The molecule has 0 unspecified atom stereocenters. The molecular formula is C14H20N4O2S. The fourth-order valence-electron chi connectivity index (χ4n) is 2.30. The Morgan fingerprint density at radius 1 is 1.29 bits per heavy atom. The fourth-order valence-corrected chi connectivity index (χ4v) is 4.02. The zero-order valence-corrected chi connectivity index (χ0v) is 13.2. The first kappa shape index (κ1) is 15.5. The molecule has 0 bridgehead atoms. The maximum Gasteiger partial charge on any atom is 0.284 e. The molecule has 1 aromatic carbocycles. The summed E-state index contributed by atoms with van der Waals surface area (Å²) < 4.78 is 27.2. The predicted octanol–water partition coefficient (Wildman–Crippen LogP) is 1.70. The molecule has 21 heavy (non-hydrogen) atoms. The monoisotopic (exact) mass is 308 g/mol. The molecule has 0 aliphatic heterocycles. The van der Waals surface area contributed by atoms with Crippen LogP contribution in [-0.4, -0.2) is 25.2 Å². The Morgan fingerprint density at radius 3 is 2.52 bits per heavy atom. The molecular weight excluding hydrogens is 288 g/mol. The van der Waals surface area contributed by atoms with Crippen molar-refractivity contribution in [3.05, 3.63) is 41.1 Å². The second-order valence-electron chi connectivity index (χ2n) is 4.79. The van der Waals surface area contributed by atoms with Crippen molar-refractivity contribution in [3.8, 4) is 0 Å². The van der Waals surface area contributed by atoms with Crippen LogP contribution in [0.5, 0.6) is 0 Å². The number of rotatable bonds is 5. The molecule has 0 atom stereocenters. The van der Waals surface area contributed by atoms with Gasteiger partial charge >= 0.3 is 0 Å². The third kappa shape index (κ3) is 2.66. The number of sulfonamides is 1. The van der Waals surface area contributed by atoms with Gasteiger partial charge in [0.05, 0.1) is 5.69 Å². The molecule has 0 aliphatic rings. The fraction of sp³-hybridized carbons (Fsp3) is 0.357. The summed E-state index contributed by atoms with van der Waals surface area (Å²) in [5.74, 6) is 0. The third-order valence-electron chi connectivity index (χ3n) is 3.45. The van der Waals surface area contributed by atoms with E-state index in [0.717, 1.165) is 5.56 Å². The van der Waals surface area contributed by atoms with Gasteiger partial charge in [-0.1, -0.05) is 18.2 Å². The molecule has 1 aromatic heterocycles. The lowest BCUT2D eigenvalue weighted by Crippen LogP contribution is -2.32. The summed E-state index contributed by atoms with van der Waals surface area (Å²) in [7, 11) is -3.74. The zero-order valence-electron chi connectivity index (χ0n) is 12.4. The van der Waals surface area contributed by atoms with Crippen LogP contribution in [0.25, 0.3) is 0 Å². The predicted molar refractivity (Wildman–Crippen MR) is 82.6 cm³/mol. The van der Waals surface area contributed by atoms with Gasteiger partial charge in [-0.2, -0.15) is 13.5 Å². The van der Waals surface area contributed by atoms with Crippen molar-refractivity contribution >= 4 is 15.7 Å². The number of aromatic amines is 1. The Bertz CT molecular complexity index is 737. The highest BCUT2D eigenvalue weighted by atomic mass is 32.2. The number of nitrogens with one attached hydrogen (secondary N) is 1. The summed E-state index contributed by atoms with van der Waals surface area (Å²) in [5.41, 5.74) is 8.42. The van der Waals surface area contributed by atoms with Gasteiger partial charge in [0, 0.05) is 24.3 Å². The van der Waals surface area contributed by atoms with E-state index in [1.807, 2.05) is 25.1 Å². The molecule has 0 fully saturated rings. The molecule has 0 aliphatic carbocycles. The van der Waals surface area contributed by atoms with Crippen molar-refractivity contribution in [2.45, 2.75) is 32.3 Å².